The molecule has 3 aromatic rings. The van der Waals surface area contributed by atoms with Crippen LogP contribution in [0.2, 0.25) is 0 Å². The van der Waals surface area contributed by atoms with Crippen molar-refractivity contribution < 1.29 is 9.47 Å². The number of nitrogens with zero attached hydrogens (tertiary/aromatic N) is 4. The van der Waals surface area contributed by atoms with Gasteiger partial charge in [-0.15, -0.1) is 0 Å². The molecule has 0 atom stereocenters. The average Bonchev–Trinajstić information content (AvgIpc) is 3.35. The molecule has 1 aliphatic heterocycles. The lowest BCUT2D eigenvalue weighted by molar-refractivity contribution is 0.394. The van der Waals surface area contributed by atoms with Crippen molar-refractivity contribution in [2.45, 2.75) is 12.8 Å². The Labute approximate surface area is 152 Å². The van der Waals surface area contributed by atoms with E-state index >= 15 is 0 Å². The van der Waals surface area contributed by atoms with E-state index in [4.69, 9.17) is 14.5 Å². The van der Waals surface area contributed by atoms with E-state index in [-0.39, 0.29) is 0 Å². The molecule has 1 saturated heterocycles. The number of imidazole rings is 1. The Kier molecular flexibility index (Phi) is 4.13. The highest BCUT2D eigenvalue weighted by Gasteiger charge is 2.17. The Bertz CT molecular complexity index is 997. The van der Waals surface area contributed by atoms with Gasteiger partial charge in [-0.1, -0.05) is 0 Å². The summed E-state index contributed by atoms with van der Waals surface area (Å²) in [6.45, 7) is 2.20. The number of aromatic nitrogens is 2. The van der Waals surface area contributed by atoms with Crippen LogP contribution in [-0.2, 0) is 0 Å². The van der Waals surface area contributed by atoms with Crippen molar-refractivity contribution in [2.24, 2.45) is 0 Å². The van der Waals surface area contributed by atoms with Crippen LogP contribution < -0.4 is 14.4 Å². The molecule has 1 aromatic carbocycles. The topological polar surface area (TPSA) is 62.8 Å². The molecule has 26 heavy (non-hydrogen) atoms. The van der Waals surface area contributed by atoms with Crippen LogP contribution in [0.25, 0.3) is 16.9 Å². The first-order valence-electron chi connectivity index (χ1n) is 8.63. The zero-order valence-electron chi connectivity index (χ0n) is 14.9. The Hall–Kier alpha value is -3.20. The smallest absolute Gasteiger partial charge is 0.140 e. The molecule has 0 bridgehead atoms. The van der Waals surface area contributed by atoms with Gasteiger partial charge in [0.2, 0.25) is 0 Å². The molecule has 132 valence electrons. The van der Waals surface area contributed by atoms with E-state index in [9.17, 15) is 5.26 Å². The summed E-state index contributed by atoms with van der Waals surface area (Å²) in [5.74, 6) is 1.12. The predicted octanol–water partition coefficient (Wildman–Crippen LogP) is 3.49. The third-order valence-corrected chi connectivity index (χ3v) is 4.83. The first-order valence-corrected chi connectivity index (χ1v) is 8.63. The molecule has 4 rings (SSSR count). The van der Waals surface area contributed by atoms with Gasteiger partial charge in [0.1, 0.15) is 23.2 Å². The minimum absolute atomic E-state index is 0.457. The maximum atomic E-state index is 9.38. The summed E-state index contributed by atoms with van der Waals surface area (Å²) in [5, 5.41) is 9.38. The summed E-state index contributed by atoms with van der Waals surface area (Å²) in [4.78, 5) is 7.15. The number of methoxy groups -OCH3 is 2. The standard InChI is InChI=1S/C20H20N4O2/c1-25-18-11-19(26-2)16(9-14(18)12-21)17-13-24-8-5-15(10-20(24)22-17)23-6-3-4-7-23/h5,8-11,13H,3-4,6-7H2,1-2H3. The molecular weight excluding hydrogens is 328 g/mol. The van der Waals surface area contributed by atoms with Gasteiger partial charge in [0.25, 0.3) is 0 Å². The average molecular weight is 348 g/mol. The van der Waals surface area contributed by atoms with E-state index in [2.05, 4.69) is 23.1 Å². The summed E-state index contributed by atoms with van der Waals surface area (Å²) in [6, 6.07) is 9.89. The Morgan fingerprint density at radius 2 is 1.85 bits per heavy atom. The highest BCUT2D eigenvalue weighted by Crippen LogP contribution is 2.35. The molecular formula is C20H20N4O2. The van der Waals surface area contributed by atoms with Gasteiger partial charge in [0.15, 0.2) is 0 Å². The molecule has 6 nitrogen and oxygen atoms in total. The predicted molar refractivity (Wildman–Crippen MR) is 99.9 cm³/mol. The summed E-state index contributed by atoms with van der Waals surface area (Å²) in [5.41, 5.74) is 4.07. The highest BCUT2D eigenvalue weighted by molar-refractivity contribution is 5.74. The van der Waals surface area contributed by atoms with Crippen LogP contribution in [0.4, 0.5) is 5.69 Å². The molecule has 0 N–H and O–H groups in total. The molecule has 1 fully saturated rings. The lowest BCUT2D eigenvalue weighted by Crippen LogP contribution is -2.17. The second-order valence-electron chi connectivity index (χ2n) is 6.34. The SMILES string of the molecule is COc1cc(OC)c(-c2cn3ccc(N4CCCC4)cc3n2)cc1C#N. The number of ether oxygens (including phenoxy) is 2. The van der Waals surface area contributed by atoms with Crippen molar-refractivity contribution in [3.8, 4) is 28.8 Å². The number of nitriles is 1. The van der Waals surface area contributed by atoms with Crippen LogP contribution in [0.15, 0.2) is 36.7 Å². The molecule has 0 amide bonds. The second kappa shape index (κ2) is 6.60. The third kappa shape index (κ3) is 2.72. The molecule has 0 aliphatic carbocycles. The Morgan fingerprint density at radius 3 is 2.54 bits per heavy atom. The molecule has 0 unspecified atom stereocenters. The van der Waals surface area contributed by atoms with Crippen LogP contribution >= 0.6 is 0 Å². The van der Waals surface area contributed by atoms with Gasteiger partial charge in [-0.3, -0.25) is 0 Å². The number of rotatable bonds is 4. The summed E-state index contributed by atoms with van der Waals surface area (Å²) >= 11 is 0. The monoisotopic (exact) mass is 348 g/mol. The highest BCUT2D eigenvalue weighted by atomic mass is 16.5. The largest absolute Gasteiger partial charge is 0.496 e. The van der Waals surface area contributed by atoms with Gasteiger partial charge in [-0.05, 0) is 25.0 Å². The van der Waals surface area contributed by atoms with Crippen molar-refractivity contribution in [1.29, 1.82) is 5.26 Å². The lowest BCUT2D eigenvalue weighted by atomic mass is 10.1. The number of hydrogen-bond acceptors (Lipinski definition) is 5. The molecule has 2 aromatic heterocycles. The second-order valence-corrected chi connectivity index (χ2v) is 6.34. The zero-order valence-corrected chi connectivity index (χ0v) is 14.9. The van der Waals surface area contributed by atoms with Crippen LogP contribution in [0, 0.1) is 11.3 Å². The Balaban J connectivity index is 1.80. The number of hydrogen-bond donors (Lipinski definition) is 0. The number of benzene rings is 1. The summed E-state index contributed by atoms with van der Waals surface area (Å²) in [6.07, 6.45) is 6.46. The third-order valence-electron chi connectivity index (χ3n) is 4.83. The van der Waals surface area contributed by atoms with Gasteiger partial charge in [-0.25, -0.2) is 4.98 Å². The van der Waals surface area contributed by atoms with Gasteiger partial charge >= 0.3 is 0 Å². The minimum Gasteiger partial charge on any atom is -0.496 e. The van der Waals surface area contributed by atoms with E-state index in [1.54, 1.807) is 26.4 Å². The van der Waals surface area contributed by atoms with Gasteiger partial charge in [0.05, 0.1) is 25.5 Å². The molecule has 1 aliphatic rings. The van der Waals surface area contributed by atoms with Crippen LogP contribution in [-0.4, -0.2) is 36.7 Å². The van der Waals surface area contributed by atoms with Gasteiger partial charge in [-0.2, -0.15) is 5.26 Å². The lowest BCUT2D eigenvalue weighted by Gasteiger charge is -2.17. The van der Waals surface area contributed by atoms with Gasteiger partial charge < -0.3 is 18.8 Å². The van der Waals surface area contributed by atoms with E-state index in [0.29, 0.717) is 17.1 Å². The fourth-order valence-electron chi connectivity index (χ4n) is 3.46. The number of anilines is 1. The van der Waals surface area contributed by atoms with Crippen LogP contribution in [0.5, 0.6) is 11.5 Å². The maximum Gasteiger partial charge on any atom is 0.140 e. The van der Waals surface area contributed by atoms with Crippen molar-refractivity contribution in [3.63, 3.8) is 0 Å². The molecule has 3 heterocycles. The van der Waals surface area contributed by atoms with E-state index in [1.165, 1.54) is 18.5 Å². The maximum absolute atomic E-state index is 9.38. The quantitative estimate of drug-likeness (QED) is 0.722. The van der Waals surface area contributed by atoms with Crippen LogP contribution in [0.3, 0.4) is 0 Å². The zero-order chi connectivity index (χ0) is 18.1. The molecule has 0 radical (unpaired) electrons. The first kappa shape index (κ1) is 16.3. The molecule has 0 spiro atoms. The minimum atomic E-state index is 0.457. The fraction of sp³-hybridized carbons (Fsp3) is 0.300. The Morgan fingerprint density at radius 1 is 1.08 bits per heavy atom. The molecule has 0 saturated carbocycles. The van der Waals surface area contributed by atoms with E-state index in [1.807, 2.05) is 16.8 Å². The van der Waals surface area contributed by atoms with Gasteiger partial charge in [0, 0.05) is 48.9 Å². The molecule has 6 heteroatoms. The van der Waals surface area contributed by atoms with Crippen molar-refractivity contribution in [3.05, 3.63) is 42.2 Å². The normalized spacial score (nSPS) is 13.8. The fourth-order valence-corrected chi connectivity index (χ4v) is 3.46. The van der Waals surface area contributed by atoms with Crippen molar-refractivity contribution in [1.82, 2.24) is 9.38 Å². The van der Waals surface area contributed by atoms with E-state index < -0.39 is 0 Å². The number of pyridine rings is 1. The van der Waals surface area contributed by atoms with Crippen molar-refractivity contribution in [2.75, 3.05) is 32.2 Å². The van der Waals surface area contributed by atoms with Crippen molar-refractivity contribution >= 4 is 11.3 Å². The summed E-state index contributed by atoms with van der Waals surface area (Å²) in [7, 11) is 3.14. The first-order chi connectivity index (χ1) is 12.7. The number of fused-ring (bicyclic) bond motifs is 1. The van der Waals surface area contributed by atoms with E-state index in [0.717, 1.165) is 30.0 Å². The van der Waals surface area contributed by atoms with Crippen LogP contribution in [0.1, 0.15) is 18.4 Å². The summed E-state index contributed by atoms with van der Waals surface area (Å²) < 4.78 is 12.8.